The third-order valence-corrected chi connectivity index (χ3v) is 6.39. The van der Waals surface area contributed by atoms with E-state index in [1.54, 1.807) is 0 Å². The lowest BCUT2D eigenvalue weighted by Crippen LogP contribution is -2.43. The predicted molar refractivity (Wildman–Crippen MR) is 129 cm³/mol. The first-order valence-electron chi connectivity index (χ1n) is 10.1. The van der Waals surface area contributed by atoms with Crippen LogP contribution in [0.25, 0.3) is 11.8 Å². The first-order valence-corrected chi connectivity index (χ1v) is 12.8. The maximum Gasteiger partial charge on any atom is 0.261 e. The van der Waals surface area contributed by atoms with E-state index in [0.717, 1.165) is 26.2 Å². The molecule has 8 heteroatoms. The van der Waals surface area contributed by atoms with Crippen LogP contribution in [0.4, 0.5) is 0 Å². The lowest BCUT2D eigenvalue weighted by molar-refractivity contribution is 0.207. The van der Waals surface area contributed by atoms with Gasteiger partial charge in [0.1, 0.15) is 0 Å². The number of piperazine rings is 1. The second kappa shape index (κ2) is 10.7. The van der Waals surface area contributed by atoms with Crippen LogP contribution in [-0.4, -0.2) is 67.7 Å². The molecule has 31 heavy (non-hydrogen) atoms. The van der Waals surface area contributed by atoms with Gasteiger partial charge in [-0.05, 0) is 48.4 Å². The van der Waals surface area contributed by atoms with Crippen LogP contribution < -0.4 is 0 Å². The molecule has 0 radical (unpaired) electrons. The van der Waals surface area contributed by atoms with E-state index >= 15 is 0 Å². The summed E-state index contributed by atoms with van der Waals surface area (Å²) in [5.41, 5.74) is 5.55. The van der Waals surface area contributed by atoms with Crippen molar-refractivity contribution in [3.8, 4) is 0 Å². The van der Waals surface area contributed by atoms with Gasteiger partial charge >= 0.3 is 0 Å². The molecule has 0 saturated carbocycles. The number of rotatable bonds is 2. The Morgan fingerprint density at radius 1 is 1.00 bits per heavy atom. The van der Waals surface area contributed by atoms with Crippen molar-refractivity contribution in [1.82, 2.24) is 9.80 Å². The zero-order chi connectivity index (χ0) is 21.9. The summed E-state index contributed by atoms with van der Waals surface area (Å²) in [6.07, 6.45) is 3.12. The molecule has 0 aromatic heterocycles. The molecule has 0 aliphatic carbocycles. The molecule has 0 spiro atoms. The average molecular weight is 465 g/mol. The molecule has 2 aromatic rings. The van der Waals surface area contributed by atoms with Gasteiger partial charge in [-0.15, -0.1) is 0 Å². The van der Waals surface area contributed by atoms with E-state index in [4.69, 9.17) is 4.55 Å². The molecule has 0 amide bonds. The molecule has 1 fully saturated rings. The van der Waals surface area contributed by atoms with Crippen LogP contribution in [0.1, 0.15) is 36.5 Å². The van der Waals surface area contributed by atoms with Crippen molar-refractivity contribution < 1.29 is 18.4 Å². The van der Waals surface area contributed by atoms with Crippen LogP contribution in [-0.2, 0) is 10.1 Å². The first-order chi connectivity index (χ1) is 14.1. The molecule has 2 aromatic carbocycles. The fourth-order valence-corrected chi connectivity index (χ4v) is 4.58. The van der Waals surface area contributed by atoms with Crippen molar-refractivity contribution in [2.45, 2.75) is 29.6 Å². The van der Waals surface area contributed by atoms with Gasteiger partial charge in [-0.3, -0.25) is 4.55 Å². The fraction of sp³-hybridized carbons (Fsp3) is 0.391. The third-order valence-electron chi connectivity index (χ3n) is 5.22. The zero-order valence-corrected chi connectivity index (χ0v) is 20.1. The van der Waals surface area contributed by atoms with Gasteiger partial charge in [0.05, 0.1) is 6.26 Å². The minimum absolute atomic E-state index is 0. The zero-order valence-electron chi connectivity index (χ0n) is 18.5. The van der Waals surface area contributed by atoms with E-state index in [1.165, 1.54) is 32.2 Å². The molecule has 2 aliphatic heterocycles. The predicted octanol–water partition coefficient (Wildman–Crippen LogP) is 3.70. The standard InChI is InChI=1S/C22H26N2S.CH4O3S.H2O/c1-16(2)17-8-9-22-19(14-17)20(24-12-10-23(3)11-13-24)15-18-6-4-5-7-21(18)25-22;1-5(2,3)4;/h4-9,14-16H,10-13H2,1-3H3;1H3,(H,2,3,4);1H2. The van der Waals surface area contributed by atoms with Crippen molar-refractivity contribution >= 4 is 33.7 Å². The molecule has 0 atom stereocenters. The lowest BCUT2D eigenvalue weighted by Gasteiger charge is -2.36. The molecule has 6 nitrogen and oxygen atoms in total. The molecule has 2 aliphatic rings. The molecule has 4 rings (SSSR count). The Bertz CT molecular complexity index is 1020. The number of benzene rings is 2. The quantitative estimate of drug-likeness (QED) is 0.682. The van der Waals surface area contributed by atoms with Crippen LogP contribution in [0.3, 0.4) is 0 Å². The summed E-state index contributed by atoms with van der Waals surface area (Å²) in [6, 6.07) is 15.8. The topological polar surface area (TPSA) is 92.4 Å². The Kier molecular flexibility index (Phi) is 8.73. The van der Waals surface area contributed by atoms with E-state index in [1.807, 2.05) is 11.8 Å². The minimum Gasteiger partial charge on any atom is -0.412 e. The Labute approximate surface area is 190 Å². The molecule has 0 unspecified atom stereocenters. The first kappa shape index (κ1) is 25.4. The van der Waals surface area contributed by atoms with Crippen LogP contribution in [0.2, 0.25) is 0 Å². The van der Waals surface area contributed by atoms with Gasteiger partial charge in [0.25, 0.3) is 10.1 Å². The van der Waals surface area contributed by atoms with Crippen LogP contribution >= 0.6 is 11.8 Å². The Balaban J connectivity index is 0.000000514. The number of nitrogens with zero attached hydrogens (tertiary/aromatic N) is 2. The Morgan fingerprint density at radius 2 is 1.61 bits per heavy atom. The summed E-state index contributed by atoms with van der Waals surface area (Å²) < 4.78 is 25.9. The summed E-state index contributed by atoms with van der Waals surface area (Å²) in [5, 5.41) is 0. The van der Waals surface area contributed by atoms with Gasteiger partial charge in [0.15, 0.2) is 0 Å². The number of hydrogen-bond acceptors (Lipinski definition) is 5. The average Bonchev–Trinajstić information content (AvgIpc) is 2.83. The highest BCUT2D eigenvalue weighted by Gasteiger charge is 2.23. The van der Waals surface area contributed by atoms with Gasteiger partial charge in [0, 0.05) is 47.2 Å². The minimum atomic E-state index is -3.67. The molecule has 170 valence electrons. The molecule has 1 saturated heterocycles. The SMILES string of the molecule is CC(C)c1ccc2c(c1)C(N1CCN(C)CC1)=Cc1ccccc1S2.CS(=O)(=O)O.O. The van der Waals surface area contributed by atoms with Crippen molar-refractivity contribution in [3.63, 3.8) is 0 Å². The summed E-state index contributed by atoms with van der Waals surface area (Å²) in [7, 11) is -1.45. The second-order valence-corrected chi connectivity index (χ2v) is 10.7. The second-order valence-electron chi connectivity index (χ2n) is 8.10. The maximum absolute atomic E-state index is 9.19. The molecular formula is C23H32N2O4S2. The monoisotopic (exact) mass is 464 g/mol. The van der Waals surface area contributed by atoms with Gasteiger partial charge in [-0.1, -0.05) is 49.9 Å². The van der Waals surface area contributed by atoms with Crippen molar-refractivity contribution in [2.75, 3.05) is 39.5 Å². The number of hydrogen-bond donors (Lipinski definition) is 1. The van der Waals surface area contributed by atoms with E-state index in [9.17, 15) is 8.42 Å². The Hall–Kier alpha value is -1.84. The Morgan fingerprint density at radius 3 is 2.23 bits per heavy atom. The number of likely N-dealkylation sites (N-methyl/N-ethyl adjacent to an activating group) is 1. The van der Waals surface area contributed by atoms with Gasteiger partial charge < -0.3 is 15.3 Å². The van der Waals surface area contributed by atoms with Gasteiger partial charge in [-0.25, -0.2) is 0 Å². The normalized spacial score (nSPS) is 16.2. The summed E-state index contributed by atoms with van der Waals surface area (Å²) >= 11 is 1.90. The van der Waals surface area contributed by atoms with Crippen molar-refractivity contribution in [3.05, 3.63) is 59.2 Å². The van der Waals surface area contributed by atoms with Crippen molar-refractivity contribution in [2.24, 2.45) is 0 Å². The highest BCUT2D eigenvalue weighted by atomic mass is 32.2. The fourth-order valence-electron chi connectivity index (χ4n) is 3.54. The van der Waals surface area contributed by atoms with Crippen molar-refractivity contribution in [1.29, 1.82) is 0 Å². The molecule has 2 heterocycles. The van der Waals surface area contributed by atoms with E-state index in [2.05, 4.69) is 79.2 Å². The van der Waals surface area contributed by atoms with Gasteiger partial charge in [0.2, 0.25) is 0 Å². The maximum atomic E-state index is 9.19. The van der Waals surface area contributed by atoms with E-state index in [0.29, 0.717) is 12.2 Å². The molecule has 3 N–H and O–H groups in total. The summed E-state index contributed by atoms with van der Waals surface area (Å²) in [4.78, 5) is 7.72. The number of fused-ring (bicyclic) bond motifs is 2. The highest BCUT2D eigenvalue weighted by molar-refractivity contribution is 7.99. The highest BCUT2D eigenvalue weighted by Crippen LogP contribution is 2.42. The summed E-state index contributed by atoms with van der Waals surface area (Å²) in [5.74, 6) is 0.551. The largest absolute Gasteiger partial charge is 0.412 e. The third kappa shape index (κ3) is 7.08. The van der Waals surface area contributed by atoms with E-state index < -0.39 is 10.1 Å². The molecular weight excluding hydrogens is 432 g/mol. The summed E-state index contributed by atoms with van der Waals surface area (Å²) in [6.45, 7) is 9.01. The van der Waals surface area contributed by atoms with Crippen LogP contribution in [0.5, 0.6) is 0 Å². The smallest absolute Gasteiger partial charge is 0.261 e. The van der Waals surface area contributed by atoms with Crippen LogP contribution in [0.15, 0.2) is 52.3 Å². The van der Waals surface area contributed by atoms with Gasteiger partial charge in [-0.2, -0.15) is 8.42 Å². The lowest BCUT2D eigenvalue weighted by atomic mass is 9.98. The van der Waals surface area contributed by atoms with Crippen LogP contribution in [0, 0.1) is 0 Å². The molecule has 0 bridgehead atoms. The van der Waals surface area contributed by atoms with E-state index in [-0.39, 0.29) is 5.48 Å².